The predicted octanol–water partition coefficient (Wildman–Crippen LogP) is 4.62. The fourth-order valence-electron chi connectivity index (χ4n) is 3.41. The minimum Gasteiger partial charge on any atom is -0.441 e. The highest BCUT2D eigenvalue weighted by atomic mass is 16.3. The van der Waals surface area contributed by atoms with Gasteiger partial charge in [0, 0.05) is 37.0 Å². The number of nitrogens with one attached hydrogen (secondary N) is 1. The fourth-order valence-corrected chi connectivity index (χ4v) is 3.41. The van der Waals surface area contributed by atoms with Gasteiger partial charge in [-0.05, 0) is 61.2 Å². The van der Waals surface area contributed by atoms with Crippen LogP contribution in [0.1, 0.15) is 36.0 Å². The Morgan fingerprint density at radius 1 is 1.15 bits per heavy atom. The van der Waals surface area contributed by atoms with Gasteiger partial charge in [-0.3, -0.25) is 4.79 Å². The Morgan fingerprint density at radius 2 is 1.88 bits per heavy atom. The molecule has 3 aromatic rings. The zero-order chi connectivity index (χ0) is 18.1. The lowest BCUT2D eigenvalue weighted by atomic mass is 9.99. The number of nitrogens with zero attached hydrogens (tertiary/aromatic N) is 2. The van der Waals surface area contributed by atoms with Gasteiger partial charge in [-0.2, -0.15) is 0 Å². The largest absolute Gasteiger partial charge is 0.441 e. The Kier molecular flexibility index (Phi) is 4.37. The third-order valence-corrected chi connectivity index (χ3v) is 5.03. The predicted molar refractivity (Wildman–Crippen MR) is 104 cm³/mol. The fraction of sp³-hybridized carbons (Fsp3) is 0.333. The number of carbonyl (C=O) groups excluding carboxylic acids is 1. The molecular weight excluding hydrogens is 326 g/mol. The molecule has 2 aromatic carbocycles. The summed E-state index contributed by atoms with van der Waals surface area (Å²) in [6.45, 7) is 6.31. The molecule has 134 valence electrons. The van der Waals surface area contributed by atoms with Crippen LogP contribution in [-0.4, -0.2) is 24.0 Å². The topological polar surface area (TPSA) is 58.4 Å². The van der Waals surface area contributed by atoms with Crippen LogP contribution in [0.5, 0.6) is 0 Å². The molecule has 26 heavy (non-hydrogen) atoms. The van der Waals surface area contributed by atoms with Gasteiger partial charge in [0.2, 0.25) is 0 Å². The van der Waals surface area contributed by atoms with Crippen molar-refractivity contribution in [2.75, 3.05) is 23.3 Å². The lowest BCUT2D eigenvalue weighted by Gasteiger charge is -2.32. The second-order valence-electron chi connectivity index (χ2n) is 7.09. The molecule has 0 atom stereocenters. The first-order valence-corrected chi connectivity index (χ1v) is 9.12. The average molecular weight is 349 g/mol. The number of fused-ring (bicyclic) bond motifs is 1. The molecule has 0 unspecified atom stereocenters. The number of amides is 1. The maximum Gasteiger partial charge on any atom is 0.255 e. The Balaban J connectivity index is 1.45. The maximum absolute atomic E-state index is 12.5. The van der Waals surface area contributed by atoms with Crippen molar-refractivity contribution in [3.63, 3.8) is 0 Å². The maximum atomic E-state index is 12.5. The van der Waals surface area contributed by atoms with E-state index in [2.05, 4.69) is 34.3 Å². The van der Waals surface area contributed by atoms with E-state index >= 15 is 0 Å². The first kappa shape index (κ1) is 16.6. The minimum atomic E-state index is -0.146. The van der Waals surface area contributed by atoms with E-state index in [9.17, 15) is 4.79 Å². The molecule has 0 spiro atoms. The number of hydrogen-bond donors (Lipinski definition) is 1. The standard InChI is InChI=1S/C21H23N3O2/c1-14-9-11-24(12-10-14)18-6-4-17(5-7-18)23-21(25)16-3-8-20-19(13-16)22-15(2)26-20/h3-8,13-14H,9-12H2,1-2H3,(H,23,25). The van der Waals surface area contributed by atoms with E-state index in [-0.39, 0.29) is 5.91 Å². The second kappa shape index (κ2) is 6.83. The van der Waals surface area contributed by atoms with E-state index in [0.29, 0.717) is 22.6 Å². The number of carbonyl (C=O) groups is 1. The van der Waals surface area contributed by atoms with Gasteiger partial charge < -0.3 is 14.6 Å². The number of aryl methyl sites for hydroxylation is 1. The highest BCUT2D eigenvalue weighted by molar-refractivity contribution is 6.05. The second-order valence-corrected chi connectivity index (χ2v) is 7.09. The smallest absolute Gasteiger partial charge is 0.255 e. The van der Waals surface area contributed by atoms with E-state index in [1.807, 2.05) is 12.1 Å². The Morgan fingerprint density at radius 3 is 2.62 bits per heavy atom. The number of piperidine rings is 1. The van der Waals surface area contributed by atoms with E-state index in [1.165, 1.54) is 18.5 Å². The van der Waals surface area contributed by atoms with Crippen molar-refractivity contribution in [2.24, 2.45) is 5.92 Å². The molecule has 4 rings (SSSR count). The first-order chi connectivity index (χ1) is 12.6. The van der Waals surface area contributed by atoms with Gasteiger partial charge in [-0.15, -0.1) is 0 Å². The third kappa shape index (κ3) is 3.43. The summed E-state index contributed by atoms with van der Waals surface area (Å²) in [5, 5.41) is 2.95. The van der Waals surface area contributed by atoms with Crippen LogP contribution in [0.15, 0.2) is 46.9 Å². The first-order valence-electron chi connectivity index (χ1n) is 9.12. The van der Waals surface area contributed by atoms with Gasteiger partial charge >= 0.3 is 0 Å². The van der Waals surface area contributed by atoms with Crippen molar-refractivity contribution >= 4 is 28.4 Å². The Bertz CT molecular complexity index is 922. The minimum absolute atomic E-state index is 0.146. The lowest BCUT2D eigenvalue weighted by molar-refractivity contribution is 0.102. The molecule has 2 heterocycles. The van der Waals surface area contributed by atoms with Crippen molar-refractivity contribution in [3.05, 3.63) is 53.9 Å². The van der Waals surface area contributed by atoms with Crippen LogP contribution in [-0.2, 0) is 0 Å². The molecule has 1 fully saturated rings. The summed E-state index contributed by atoms with van der Waals surface area (Å²) < 4.78 is 5.45. The van der Waals surface area contributed by atoms with E-state index in [1.54, 1.807) is 25.1 Å². The van der Waals surface area contributed by atoms with Crippen LogP contribution >= 0.6 is 0 Å². The Labute approximate surface area is 153 Å². The molecule has 1 amide bonds. The van der Waals surface area contributed by atoms with Crippen LogP contribution in [0.25, 0.3) is 11.1 Å². The number of benzene rings is 2. The monoisotopic (exact) mass is 349 g/mol. The van der Waals surface area contributed by atoms with Crippen LogP contribution in [0.2, 0.25) is 0 Å². The van der Waals surface area contributed by atoms with Gasteiger partial charge in [0.1, 0.15) is 5.52 Å². The quantitative estimate of drug-likeness (QED) is 0.749. The number of oxazole rings is 1. The van der Waals surface area contributed by atoms with Crippen LogP contribution < -0.4 is 10.2 Å². The summed E-state index contributed by atoms with van der Waals surface area (Å²) >= 11 is 0. The highest BCUT2D eigenvalue weighted by Gasteiger charge is 2.16. The molecule has 1 N–H and O–H groups in total. The molecule has 5 heteroatoms. The SMILES string of the molecule is Cc1nc2cc(C(=O)Nc3ccc(N4CCC(C)CC4)cc3)ccc2o1. The molecule has 1 saturated heterocycles. The highest BCUT2D eigenvalue weighted by Crippen LogP contribution is 2.24. The van der Waals surface area contributed by atoms with Gasteiger partial charge in [0.15, 0.2) is 11.5 Å². The molecule has 0 saturated carbocycles. The molecule has 0 bridgehead atoms. The zero-order valence-corrected chi connectivity index (χ0v) is 15.2. The number of hydrogen-bond acceptors (Lipinski definition) is 4. The van der Waals surface area contributed by atoms with Crippen LogP contribution in [0, 0.1) is 12.8 Å². The molecule has 1 aromatic heterocycles. The molecule has 5 nitrogen and oxygen atoms in total. The van der Waals surface area contributed by atoms with Crippen LogP contribution in [0.4, 0.5) is 11.4 Å². The van der Waals surface area contributed by atoms with Crippen molar-refractivity contribution in [2.45, 2.75) is 26.7 Å². The van der Waals surface area contributed by atoms with E-state index < -0.39 is 0 Å². The van der Waals surface area contributed by atoms with Crippen molar-refractivity contribution < 1.29 is 9.21 Å². The summed E-state index contributed by atoms with van der Waals surface area (Å²) in [7, 11) is 0. The van der Waals surface area contributed by atoms with Crippen molar-refractivity contribution in [1.29, 1.82) is 0 Å². The van der Waals surface area contributed by atoms with E-state index in [0.717, 1.165) is 24.7 Å². The summed E-state index contributed by atoms with van der Waals surface area (Å²) in [5.41, 5.74) is 3.97. The average Bonchev–Trinajstić information content (AvgIpc) is 3.02. The molecular formula is C21H23N3O2. The van der Waals surface area contributed by atoms with Gasteiger partial charge in [0.25, 0.3) is 5.91 Å². The summed E-state index contributed by atoms with van der Waals surface area (Å²) in [5.74, 6) is 1.27. The summed E-state index contributed by atoms with van der Waals surface area (Å²) in [4.78, 5) is 19.2. The molecule has 0 aliphatic carbocycles. The zero-order valence-electron chi connectivity index (χ0n) is 15.2. The third-order valence-electron chi connectivity index (χ3n) is 5.03. The van der Waals surface area contributed by atoms with Gasteiger partial charge in [0.05, 0.1) is 0 Å². The molecule has 0 radical (unpaired) electrons. The number of anilines is 2. The van der Waals surface area contributed by atoms with Crippen molar-refractivity contribution in [3.8, 4) is 0 Å². The van der Waals surface area contributed by atoms with E-state index in [4.69, 9.17) is 4.42 Å². The molecule has 1 aliphatic rings. The van der Waals surface area contributed by atoms with Gasteiger partial charge in [-0.25, -0.2) is 4.98 Å². The lowest BCUT2D eigenvalue weighted by Crippen LogP contribution is -2.32. The number of rotatable bonds is 3. The Hall–Kier alpha value is -2.82. The van der Waals surface area contributed by atoms with Crippen molar-refractivity contribution in [1.82, 2.24) is 4.98 Å². The van der Waals surface area contributed by atoms with Gasteiger partial charge in [-0.1, -0.05) is 6.92 Å². The summed E-state index contributed by atoms with van der Waals surface area (Å²) in [6, 6.07) is 13.4. The molecule has 1 aliphatic heterocycles. The van der Waals surface area contributed by atoms with Crippen LogP contribution in [0.3, 0.4) is 0 Å². The summed E-state index contributed by atoms with van der Waals surface area (Å²) in [6.07, 6.45) is 2.48. The normalized spacial score (nSPS) is 15.4. The number of aromatic nitrogens is 1.